The summed E-state index contributed by atoms with van der Waals surface area (Å²) in [6.45, 7) is 4.64. The minimum absolute atomic E-state index is 0.0323. The number of nitrogens with one attached hydrogen (secondary N) is 1. The summed E-state index contributed by atoms with van der Waals surface area (Å²) in [6.07, 6.45) is 2.61. The zero-order valence-corrected chi connectivity index (χ0v) is 16.9. The fourth-order valence-corrected chi connectivity index (χ4v) is 3.38. The Kier molecular flexibility index (Phi) is 6.76. The highest BCUT2D eigenvalue weighted by Crippen LogP contribution is 2.29. The summed E-state index contributed by atoms with van der Waals surface area (Å²) >= 11 is 6.30. The van der Waals surface area contributed by atoms with E-state index in [0.717, 1.165) is 35.2 Å². The average molecular weight is 398 g/mol. The monoisotopic (exact) mass is 397 g/mol. The number of aryl methyl sites for hydroxylation is 2. The van der Waals surface area contributed by atoms with E-state index in [1.807, 2.05) is 49.4 Å². The lowest BCUT2D eigenvalue weighted by Gasteiger charge is -2.16. The average Bonchev–Trinajstić information content (AvgIpc) is 3.18. The molecule has 0 saturated heterocycles. The first-order valence-electron chi connectivity index (χ1n) is 9.55. The molecule has 2 aromatic carbocycles. The molecule has 3 aromatic rings. The van der Waals surface area contributed by atoms with Crippen LogP contribution in [0.1, 0.15) is 37.8 Å². The van der Waals surface area contributed by atoms with Crippen molar-refractivity contribution < 1.29 is 4.79 Å². The van der Waals surface area contributed by atoms with Crippen LogP contribution in [-0.2, 0) is 24.2 Å². The molecular weight excluding hydrogens is 374 g/mol. The molecule has 1 aromatic heterocycles. The molecule has 28 heavy (non-hydrogen) atoms. The predicted molar refractivity (Wildman–Crippen MR) is 111 cm³/mol. The number of carbonyl (C=O) groups excluding carboxylic acids is 1. The molecule has 1 N–H and O–H groups in total. The van der Waals surface area contributed by atoms with Gasteiger partial charge in [-0.1, -0.05) is 61.8 Å². The molecule has 7 heteroatoms. The van der Waals surface area contributed by atoms with Gasteiger partial charge < -0.3 is 5.32 Å². The highest BCUT2D eigenvalue weighted by molar-refractivity contribution is 6.32. The molecule has 1 amide bonds. The number of tetrazole rings is 1. The summed E-state index contributed by atoms with van der Waals surface area (Å²) < 4.78 is 0. The van der Waals surface area contributed by atoms with Gasteiger partial charge in [-0.25, -0.2) is 0 Å². The number of hydrogen-bond donors (Lipinski definition) is 1. The lowest BCUT2D eigenvalue weighted by atomic mass is 10.0. The lowest BCUT2D eigenvalue weighted by Crippen LogP contribution is -2.16. The number of aromatic nitrogens is 4. The van der Waals surface area contributed by atoms with Gasteiger partial charge in [-0.15, -0.1) is 10.2 Å². The fraction of sp³-hybridized carbons (Fsp3) is 0.333. The number of carbonyl (C=O) groups is 1. The maximum Gasteiger partial charge on any atom is 0.224 e. The van der Waals surface area contributed by atoms with Crippen LogP contribution in [0.15, 0.2) is 42.5 Å². The van der Waals surface area contributed by atoms with Crippen LogP contribution in [0, 0.1) is 0 Å². The van der Waals surface area contributed by atoms with Crippen LogP contribution in [0.4, 0.5) is 5.69 Å². The molecule has 0 unspecified atom stereocenters. The van der Waals surface area contributed by atoms with Crippen molar-refractivity contribution >= 4 is 23.2 Å². The molecular formula is C21H24ClN5O. The van der Waals surface area contributed by atoms with Gasteiger partial charge in [0.2, 0.25) is 11.7 Å². The van der Waals surface area contributed by atoms with Gasteiger partial charge in [0.05, 0.1) is 6.54 Å². The standard InChI is InChI=1S/C21H24ClN5O/c1-3-15-12-13-18(22)17(4-2)20(15)23-19(28)11-8-14-27-25-21(24-26-27)16-9-6-5-7-10-16/h5-7,9-10,12-13H,3-4,8,11,14H2,1-2H3,(H,23,28). The van der Waals surface area contributed by atoms with Crippen LogP contribution >= 0.6 is 11.6 Å². The van der Waals surface area contributed by atoms with E-state index in [-0.39, 0.29) is 5.91 Å². The highest BCUT2D eigenvalue weighted by atomic mass is 35.5. The SMILES string of the molecule is CCc1ccc(Cl)c(CC)c1NC(=O)CCCn1nnc(-c2ccccc2)n1. The number of amides is 1. The van der Waals surface area contributed by atoms with Crippen LogP contribution in [0.2, 0.25) is 5.02 Å². The van der Waals surface area contributed by atoms with Gasteiger partial charge >= 0.3 is 0 Å². The minimum atomic E-state index is -0.0323. The van der Waals surface area contributed by atoms with E-state index in [4.69, 9.17) is 11.6 Å². The molecule has 6 nitrogen and oxygen atoms in total. The Balaban J connectivity index is 1.57. The molecule has 0 atom stereocenters. The lowest BCUT2D eigenvalue weighted by molar-refractivity contribution is -0.116. The van der Waals surface area contributed by atoms with Gasteiger partial charge in [-0.05, 0) is 41.7 Å². The van der Waals surface area contributed by atoms with E-state index in [9.17, 15) is 4.79 Å². The van der Waals surface area contributed by atoms with Gasteiger partial charge in [0.25, 0.3) is 0 Å². The zero-order valence-electron chi connectivity index (χ0n) is 16.2. The quantitative estimate of drug-likeness (QED) is 0.605. The van der Waals surface area contributed by atoms with Gasteiger partial charge in [-0.2, -0.15) is 4.80 Å². The normalized spacial score (nSPS) is 10.8. The summed E-state index contributed by atoms with van der Waals surface area (Å²) in [5, 5.41) is 16.3. The largest absolute Gasteiger partial charge is 0.326 e. The first-order valence-corrected chi connectivity index (χ1v) is 9.93. The Labute approximate surface area is 169 Å². The second-order valence-electron chi connectivity index (χ2n) is 6.49. The topological polar surface area (TPSA) is 72.7 Å². The van der Waals surface area contributed by atoms with Gasteiger partial charge in [0, 0.05) is 22.7 Å². The molecule has 0 aliphatic carbocycles. The number of anilines is 1. The molecule has 0 saturated carbocycles. The number of halogens is 1. The molecule has 3 rings (SSSR count). The number of nitrogens with zero attached hydrogens (tertiary/aromatic N) is 4. The van der Waals surface area contributed by atoms with Crippen molar-refractivity contribution in [3.05, 3.63) is 58.6 Å². The van der Waals surface area contributed by atoms with Gasteiger partial charge in [-0.3, -0.25) is 4.79 Å². The number of benzene rings is 2. The van der Waals surface area contributed by atoms with Gasteiger partial charge in [0.1, 0.15) is 0 Å². The van der Waals surface area contributed by atoms with E-state index in [1.165, 1.54) is 4.80 Å². The van der Waals surface area contributed by atoms with Crippen LogP contribution in [0.3, 0.4) is 0 Å². The van der Waals surface area contributed by atoms with Crippen LogP contribution in [0.5, 0.6) is 0 Å². The number of rotatable bonds is 8. The summed E-state index contributed by atoms with van der Waals surface area (Å²) in [4.78, 5) is 14.0. The summed E-state index contributed by atoms with van der Waals surface area (Å²) in [7, 11) is 0. The second kappa shape index (κ2) is 9.46. The molecule has 0 aliphatic heterocycles. The summed E-state index contributed by atoms with van der Waals surface area (Å²) in [6, 6.07) is 13.6. The van der Waals surface area contributed by atoms with Crippen molar-refractivity contribution in [2.24, 2.45) is 0 Å². The zero-order chi connectivity index (χ0) is 19.9. The third-order valence-electron chi connectivity index (χ3n) is 4.59. The van der Waals surface area contributed by atoms with E-state index in [2.05, 4.69) is 27.7 Å². The predicted octanol–water partition coefficient (Wildman–Crippen LogP) is 4.54. The Morgan fingerprint density at radius 3 is 2.61 bits per heavy atom. The smallest absolute Gasteiger partial charge is 0.224 e. The fourth-order valence-electron chi connectivity index (χ4n) is 3.09. The van der Waals surface area contributed by atoms with E-state index in [1.54, 1.807) is 0 Å². The minimum Gasteiger partial charge on any atom is -0.326 e. The number of hydrogen-bond acceptors (Lipinski definition) is 4. The van der Waals surface area contributed by atoms with E-state index < -0.39 is 0 Å². The molecule has 0 bridgehead atoms. The maximum absolute atomic E-state index is 12.5. The van der Waals surface area contributed by atoms with Crippen molar-refractivity contribution in [3.63, 3.8) is 0 Å². The molecule has 0 spiro atoms. The third-order valence-corrected chi connectivity index (χ3v) is 4.94. The summed E-state index contributed by atoms with van der Waals surface area (Å²) in [5.41, 5.74) is 3.86. The van der Waals surface area contributed by atoms with Crippen molar-refractivity contribution in [1.29, 1.82) is 0 Å². The molecule has 146 valence electrons. The Morgan fingerprint density at radius 1 is 1.11 bits per heavy atom. The molecule has 0 radical (unpaired) electrons. The van der Waals surface area contributed by atoms with Crippen LogP contribution in [-0.4, -0.2) is 26.1 Å². The molecule has 1 heterocycles. The Hall–Kier alpha value is -2.73. The van der Waals surface area contributed by atoms with Crippen molar-refractivity contribution in [2.75, 3.05) is 5.32 Å². The highest BCUT2D eigenvalue weighted by Gasteiger charge is 2.13. The molecule has 0 aliphatic rings. The maximum atomic E-state index is 12.5. The van der Waals surface area contributed by atoms with E-state index >= 15 is 0 Å². The Bertz CT molecular complexity index is 939. The first kappa shape index (κ1) is 20.0. The van der Waals surface area contributed by atoms with Crippen LogP contribution < -0.4 is 5.32 Å². The first-order chi connectivity index (χ1) is 13.6. The van der Waals surface area contributed by atoms with Crippen molar-refractivity contribution in [1.82, 2.24) is 20.2 Å². The van der Waals surface area contributed by atoms with Crippen molar-refractivity contribution in [2.45, 2.75) is 46.1 Å². The summed E-state index contributed by atoms with van der Waals surface area (Å²) in [5.74, 6) is 0.555. The van der Waals surface area contributed by atoms with E-state index in [0.29, 0.717) is 30.2 Å². The van der Waals surface area contributed by atoms with Gasteiger partial charge in [0.15, 0.2) is 0 Å². The molecule has 0 fully saturated rings. The Morgan fingerprint density at radius 2 is 1.89 bits per heavy atom. The van der Waals surface area contributed by atoms with Crippen LogP contribution in [0.25, 0.3) is 11.4 Å². The second-order valence-corrected chi connectivity index (χ2v) is 6.90. The van der Waals surface area contributed by atoms with Crippen molar-refractivity contribution in [3.8, 4) is 11.4 Å². The third kappa shape index (κ3) is 4.75.